The Morgan fingerprint density at radius 1 is 1.22 bits per heavy atom. The molecule has 0 aliphatic carbocycles. The van der Waals surface area contributed by atoms with Gasteiger partial charge in [0.25, 0.3) is 0 Å². The number of Topliss-reactive ketones (excluding diaryl/α,β-unsaturated/α-hetero) is 1. The van der Waals surface area contributed by atoms with Gasteiger partial charge in [0, 0.05) is 10.6 Å². The highest BCUT2D eigenvalue weighted by molar-refractivity contribution is 7.99. The van der Waals surface area contributed by atoms with Gasteiger partial charge in [-0.2, -0.15) is 0 Å². The number of carbonyl (C=O) groups excluding carboxylic acids is 2. The summed E-state index contributed by atoms with van der Waals surface area (Å²) in [6, 6.07) is 8.33. The van der Waals surface area contributed by atoms with Crippen molar-refractivity contribution in [1.29, 1.82) is 0 Å². The molecule has 4 heteroatoms. The first-order valence-electron chi connectivity index (χ1n) is 5.92. The van der Waals surface area contributed by atoms with Crippen LogP contribution in [0.25, 0.3) is 0 Å². The predicted octanol–water partition coefficient (Wildman–Crippen LogP) is 3.00. The van der Waals surface area contributed by atoms with E-state index in [4.69, 9.17) is 4.74 Å². The van der Waals surface area contributed by atoms with Crippen LogP contribution in [-0.4, -0.2) is 24.1 Å². The third-order valence-corrected chi connectivity index (χ3v) is 3.33. The van der Waals surface area contributed by atoms with Gasteiger partial charge in [0.2, 0.25) is 0 Å². The molecular formula is C14H18O3S. The van der Waals surface area contributed by atoms with Crippen LogP contribution in [0.1, 0.15) is 25.3 Å². The highest BCUT2D eigenvalue weighted by Crippen LogP contribution is 2.18. The first-order valence-corrected chi connectivity index (χ1v) is 6.91. The van der Waals surface area contributed by atoms with E-state index in [1.54, 1.807) is 11.8 Å². The second-order valence-corrected chi connectivity index (χ2v) is 5.28. The van der Waals surface area contributed by atoms with Crippen LogP contribution < -0.4 is 0 Å². The van der Waals surface area contributed by atoms with Crippen LogP contribution >= 0.6 is 11.8 Å². The Labute approximate surface area is 112 Å². The predicted molar refractivity (Wildman–Crippen MR) is 72.8 cm³/mol. The maximum absolute atomic E-state index is 11.1. The fourth-order valence-electron chi connectivity index (χ4n) is 1.32. The number of hydrogen-bond acceptors (Lipinski definition) is 4. The molecule has 98 valence electrons. The Bertz CT molecular complexity index is 398. The number of rotatable bonds is 7. The van der Waals surface area contributed by atoms with E-state index < -0.39 is 5.97 Å². The second kappa shape index (κ2) is 7.93. The maximum atomic E-state index is 11.1. The van der Waals surface area contributed by atoms with Gasteiger partial charge in [-0.3, -0.25) is 9.59 Å². The van der Waals surface area contributed by atoms with E-state index in [-0.39, 0.29) is 12.2 Å². The lowest BCUT2D eigenvalue weighted by atomic mass is 10.2. The van der Waals surface area contributed by atoms with Gasteiger partial charge in [-0.25, -0.2) is 0 Å². The molecule has 0 amide bonds. The molecule has 18 heavy (non-hydrogen) atoms. The number of hydrogen-bond donors (Lipinski definition) is 0. The quantitative estimate of drug-likeness (QED) is 0.329. The molecule has 0 aromatic heterocycles. The average Bonchev–Trinajstić information content (AvgIpc) is 2.30. The Morgan fingerprint density at radius 2 is 1.89 bits per heavy atom. The van der Waals surface area contributed by atoms with E-state index in [1.165, 1.54) is 17.4 Å². The van der Waals surface area contributed by atoms with E-state index in [1.807, 2.05) is 0 Å². The minimum Gasteiger partial charge on any atom is -0.465 e. The van der Waals surface area contributed by atoms with E-state index in [0.717, 1.165) is 12.2 Å². The zero-order valence-corrected chi connectivity index (χ0v) is 11.6. The number of thioether (sulfide) groups is 1. The van der Waals surface area contributed by atoms with Gasteiger partial charge in [-0.15, -0.1) is 11.8 Å². The highest BCUT2D eigenvalue weighted by Gasteiger charge is 2.05. The van der Waals surface area contributed by atoms with Crippen molar-refractivity contribution in [2.45, 2.75) is 31.6 Å². The largest absolute Gasteiger partial charge is 0.465 e. The van der Waals surface area contributed by atoms with Gasteiger partial charge in [0.1, 0.15) is 12.2 Å². The van der Waals surface area contributed by atoms with Crippen LogP contribution in [0.5, 0.6) is 0 Å². The molecule has 0 unspecified atom stereocenters. The van der Waals surface area contributed by atoms with Gasteiger partial charge in [-0.05, 0) is 32.4 Å². The van der Waals surface area contributed by atoms with E-state index in [0.29, 0.717) is 6.61 Å². The molecule has 0 aliphatic heterocycles. The van der Waals surface area contributed by atoms with Gasteiger partial charge in [0.05, 0.1) is 6.61 Å². The summed E-state index contributed by atoms with van der Waals surface area (Å²) < 4.78 is 4.94. The smallest absolute Gasteiger partial charge is 0.313 e. The van der Waals surface area contributed by atoms with Crippen LogP contribution in [0.2, 0.25) is 0 Å². The van der Waals surface area contributed by atoms with Gasteiger partial charge in [0.15, 0.2) is 0 Å². The Hall–Kier alpha value is -1.29. The van der Waals surface area contributed by atoms with Crippen molar-refractivity contribution in [3.8, 4) is 0 Å². The third kappa shape index (κ3) is 6.45. The highest BCUT2D eigenvalue weighted by atomic mass is 32.2. The fraction of sp³-hybridized carbons (Fsp3) is 0.429. The molecule has 1 aromatic rings. The first-order chi connectivity index (χ1) is 8.58. The summed E-state index contributed by atoms with van der Waals surface area (Å²) in [6.07, 6.45) is 0.674. The molecule has 0 saturated heterocycles. The standard InChI is InChI=1S/C14H18O3S/c1-11-4-6-13(7-5-11)18-9-3-8-17-14(16)10-12(2)15/h4-7H,3,8-10H2,1-2H3. The van der Waals surface area contributed by atoms with Crippen molar-refractivity contribution in [3.05, 3.63) is 29.8 Å². The minimum absolute atomic E-state index is 0.120. The Morgan fingerprint density at radius 3 is 2.50 bits per heavy atom. The van der Waals surface area contributed by atoms with Crippen molar-refractivity contribution in [3.63, 3.8) is 0 Å². The van der Waals surface area contributed by atoms with Gasteiger partial charge >= 0.3 is 5.97 Å². The molecule has 0 saturated carbocycles. The van der Waals surface area contributed by atoms with Crippen LogP contribution in [-0.2, 0) is 14.3 Å². The summed E-state index contributed by atoms with van der Waals surface area (Å²) >= 11 is 1.74. The van der Waals surface area contributed by atoms with Crippen molar-refractivity contribution >= 4 is 23.5 Å². The SMILES string of the molecule is CC(=O)CC(=O)OCCCSc1ccc(C)cc1. The molecule has 0 radical (unpaired) electrons. The number of aryl methyl sites for hydroxylation is 1. The normalized spacial score (nSPS) is 10.1. The van der Waals surface area contributed by atoms with Crippen molar-refractivity contribution in [2.75, 3.05) is 12.4 Å². The molecule has 0 bridgehead atoms. The summed E-state index contributed by atoms with van der Waals surface area (Å²) in [7, 11) is 0. The second-order valence-electron chi connectivity index (χ2n) is 4.11. The Kier molecular flexibility index (Phi) is 6.50. The minimum atomic E-state index is -0.428. The monoisotopic (exact) mass is 266 g/mol. The maximum Gasteiger partial charge on any atom is 0.313 e. The van der Waals surface area contributed by atoms with Crippen LogP contribution in [0.4, 0.5) is 0 Å². The van der Waals surface area contributed by atoms with Crippen molar-refractivity contribution < 1.29 is 14.3 Å². The van der Waals surface area contributed by atoms with Gasteiger partial charge in [-0.1, -0.05) is 17.7 Å². The molecule has 3 nitrogen and oxygen atoms in total. The van der Waals surface area contributed by atoms with Crippen LogP contribution in [0, 0.1) is 6.92 Å². The molecule has 1 aromatic carbocycles. The summed E-state index contributed by atoms with van der Waals surface area (Å²) in [5, 5.41) is 0. The summed E-state index contributed by atoms with van der Waals surface area (Å²) in [5.74, 6) is 0.313. The molecule has 0 aliphatic rings. The average molecular weight is 266 g/mol. The van der Waals surface area contributed by atoms with E-state index in [2.05, 4.69) is 31.2 Å². The van der Waals surface area contributed by atoms with Gasteiger partial charge < -0.3 is 4.74 Å². The van der Waals surface area contributed by atoms with Crippen LogP contribution in [0.15, 0.2) is 29.2 Å². The number of carbonyl (C=O) groups is 2. The molecular weight excluding hydrogens is 248 g/mol. The summed E-state index contributed by atoms with van der Waals surface area (Å²) in [4.78, 5) is 22.9. The van der Waals surface area contributed by atoms with E-state index >= 15 is 0 Å². The van der Waals surface area contributed by atoms with E-state index in [9.17, 15) is 9.59 Å². The number of benzene rings is 1. The molecule has 0 fully saturated rings. The fourth-order valence-corrected chi connectivity index (χ4v) is 2.15. The summed E-state index contributed by atoms with van der Waals surface area (Å²) in [5.41, 5.74) is 1.25. The topological polar surface area (TPSA) is 43.4 Å². The first kappa shape index (κ1) is 14.8. The van der Waals surface area contributed by atoms with Crippen molar-refractivity contribution in [2.24, 2.45) is 0 Å². The lowest BCUT2D eigenvalue weighted by Crippen LogP contribution is -2.10. The molecule has 0 heterocycles. The number of esters is 1. The lowest BCUT2D eigenvalue weighted by molar-refractivity contribution is -0.145. The Balaban J connectivity index is 2.10. The molecule has 0 atom stereocenters. The molecule has 0 spiro atoms. The molecule has 0 N–H and O–H groups in total. The molecule has 1 rings (SSSR count). The zero-order valence-electron chi connectivity index (χ0n) is 10.8. The summed E-state index contributed by atoms with van der Waals surface area (Å²) in [6.45, 7) is 3.82. The lowest BCUT2D eigenvalue weighted by Gasteiger charge is -2.04. The van der Waals surface area contributed by atoms with Crippen molar-refractivity contribution in [1.82, 2.24) is 0 Å². The van der Waals surface area contributed by atoms with Crippen LogP contribution in [0.3, 0.4) is 0 Å². The third-order valence-electron chi connectivity index (χ3n) is 2.23. The number of ketones is 1. The zero-order chi connectivity index (χ0) is 13.4. The number of ether oxygens (including phenoxy) is 1.